The topological polar surface area (TPSA) is 77.4 Å². The first kappa shape index (κ1) is 27.9. The van der Waals surface area contributed by atoms with Crippen LogP contribution in [0.5, 0.6) is 0 Å². The number of allylic oxidation sites excluding steroid dienone is 4. The zero-order valence-electron chi connectivity index (χ0n) is 21.7. The first-order valence-corrected chi connectivity index (χ1v) is 13.3. The van der Waals surface area contributed by atoms with E-state index < -0.39 is 12.2 Å². The molecule has 6 heteroatoms. The molecule has 4 rings (SSSR count). The number of fused-ring (bicyclic) bond motifs is 2. The molecule has 6 nitrogen and oxygen atoms in total. The highest BCUT2D eigenvalue weighted by Gasteiger charge is 2.16. The molecule has 38 heavy (non-hydrogen) atoms. The Kier molecular flexibility index (Phi) is 11.2. The van der Waals surface area contributed by atoms with Gasteiger partial charge in [0.2, 0.25) is 0 Å². The van der Waals surface area contributed by atoms with Crippen LogP contribution < -0.4 is 0 Å². The Bertz CT molecular complexity index is 1020. The third kappa shape index (κ3) is 8.71. The molecule has 0 amide bonds. The molecule has 0 bridgehead atoms. The quantitative estimate of drug-likeness (QED) is 0.221. The van der Waals surface area contributed by atoms with Crippen molar-refractivity contribution in [1.82, 2.24) is 0 Å². The maximum atomic E-state index is 9.99. The lowest BCUT2D eigenvalue weighted by Gasteiger charge is -2.13. The van der Waals surface area contributed by atoms with Gasteiger partial charge in [0.15, 0.2) is 0 Å². The van der Waals surface area contributed by atoms with Crippen LogP contribution in [0.25, 0.3) is 12.2 Å². The van der Waals surface area contributed by atoms with Crippen molar-refractivity contribution in [2.45, 2.75) is 36.9 Å². The van der Waals surface area contributed by atoms with Crippen LogP contribution in [0.15, 0.2) is 85.4 Å². The van der Waals surface area contributed by atoms with E-state index in [0.717, 1.165) is 12.8 Å². The summed E-state index contributed by atoms with van der Waals surface area (Å²) in [6.07, 6.45) is 16.3. The van der Waals surface area contributed by atoms with E-state index in [9.17, 15) is 10.2 Å². The van der Waals surface area contributed by atoms with Crippen molar-refractivity contribution in [3.63, 3.8) is 0 Å². The van der Waals surface area contributed by atoms with Crippen LogP contribution in [-0.4, -0.2) is 62.1 Å². The van der Waals surface area contributed by atoms with Crippen LogP contribution in [0.2, 0.25) is 0 Å². The van der Waals surface area contributed by atoms with Gasteiger partial charge in [-0.15, -0.1) is 0 Å². The van der Waals surface area contributed by atoms with E-state index in [0.29, 0.717) is 25.0 Å². The molecule has 2 N–H and O–H groups in total. The predicted octanol–water partition coefficient (Wildman–Crippen LogP) is 5.20. The highest BCUT2D eigenvalue weighted by molar-refractivity contribution is 5.63. The standard InChI is InChI=1S/C32H38O6/c33-29(21-35-17-5-9-27-15-13-25-7-1-3-11-31(25)27)23-37-19-20-38-24-30(34)22-36-18-6-10-28-16-14-26-8-2-4-12-32(26)28/h1-8,11-18,27-30,33-34H,9-10,19-24H2. The van der Waals surface area contributed by atoms with Crippen LogP contribution in [0.1, 0.15) is 46.9 Å². The molecular weight excluding hydrogens is 480 g/mol. The minimum atomic E-state index is -0.717. The molecule has 0 fully saturated rings. The monoisotopic (exact) mass is 518 g/mol. The molecule has 2 aliphatic carbocycles. The number of hydrogen-bond acceptors (Lipinski definition) is 6. The molecule has 202 valence electrons. The van der Waals surface area contributed by atoms with Crippen molar-refractivity contribution in [2.24, 2.45) is 0 Å². The highest BCUT2D eigenvalue weighted by Crippen LogP contribution is 2.33. The second-order valence-corrected chi connectivity index (χ2v) is 9.53. The summed E-state index contributed by atoms with van der Waals surface area (Å²) >= 11 is 0. The summed E-state index contributed by atoms with van der Waals surface area (Å²) in [5.74, 6) is 0.748. The third-order valence-corrected chi connectivity index (χ3v) is 6.54. The van der Waals surface area contributed by atoms with Gasteiger partial charge in [0.25, 0.3) is 0 Å². The summed E-state index contributed by atoms with van der Waals surface area (Å²) in [6.45, 7) is 1.30. The maximum Gasteiger partial charge on any atom is 0.115 e. The Hall–Kier alpha value is -3.16. The predicted molar refractivity (Wildman–Crippen MR) is 150 cm³/mol. The van der Waals surface area contributed by atoms with E-state index in [1.807, 2.05) is 24.3 Å². The highest BCUT2D eigenvalue weighted by atomic mass is 16.5. The molecular formula is C32H38O6. The Morgan fingerprint density at radius 3 is 1.55 bits per heavy atom. The van der Waals surface area contributed by atoms with Crippen LogP contribution in [0.3, 0.4) is 0 Å². The first-order chi connectivity index (χ1) is 18.7. The number of ether oxygens (including phenoxy) is 4. The molecule has 0 heterocycles. The molecule has 2 aromatic carbocycles. The minimum Gasteiger partial charge on any atom is -0.499 e. The lowest BCUT2D eigenvalue weighted by Crippen LogP contribution is -2.24. The zero-order chi connectivity index (χ0) is 26.4. The second kappa shape index (κ2) is 15.3. The van der Waals surface area contributed by atoms with Crippen LogP contribution in [-0.2, 0) is 18.9 Å². The van der Waals surface area contributed by atoms with Crippen LogP contribution in [0, 0.1) is 0 Å². The summed E-state index contributed by atoms with van der Waals surface area (Å²) in [4.78, 5) is 0. The number of aliphatic hydroxyl groups is 2. The summed E-state index contributed by atoms with van der Waals surface area (Å²) in [7, 11) is 0. The summed E-state index contributed by atoms with van der Waals surface area (Å²) < 4.78 is 21.7. The van der Waals surface area contributed by atoms with Crippen molar-refractivity contribution >= 4 is 12.2 Å². The van der Waals surface area contributed by atoms with Crippen molar-refractivity contribution in [3.05, 3.63) is 108 Å². The molecule has 2 aromatic rings. The van der Waals surface area contributed by atoms with Crippen molar-refractivity contribution in [1.29, 1.82) is 0 Å². The fourth-order valence-electron chi connectivity index (χ4n) is 4.59. The van der Waals surface area contributed by atoms with Crippen LogP contribution >= 0.6 is 0 Å². The Labute approximate surface area is 225 Å². The molecule has 0 radical (unpaired) electrons. The van der Waals surface area contributed by atoms with Gasteiger partial charge >= 0.3 is 0 Å². The normalized spacial score (nSPS) is 19.2. The molecule has 0 aliphatic heterocycles. The van der Waals surface area contributed by atoms with E-state index in [1.54, 1.807) is 12.5 Å². The van der Waals surface area contributed by atoms with Gasteiger partial charge in [-0.2, -0.15) is 0 Å². The summed E-state index contributed by atoms with van der Waals surface area (Å²) in [6, 6.07) is 16.8. The van der Waals surface area contributed by atoms with Gasteiger partial charge in [-0.1, -0.05) is 72.8 Å². The molecule has 4 unspecified atom stereocenters. The van der Waals surface area contributed by atoms with Gasteiger partial charge in [-0.05, 0) is 47.2 Å². The zero-order valence-corrected chi connectivity index (χ0v) is 21.7. The third-order valence-electron chi connectivity index (χ3n) is 6.54. The largest absolute Gasteiger partial charge is 0.499 e. The molecule has 0 saturated heterocycles. The Morgan fingerprint density at radius 1 is 0.632 bits per heavy atom. The molecule has 2 aliphatic rings. The van der Waals surface area contributed by atoms with E-state index in [1.165, 1.54) is 22.3 Å². The van der Waals surface area contributed by atoms with E-state index in [4.69, 9.17) is 18.9 Å². The summed E-state index contributed by atoms with van der Waals surface area (Å²) in [5.41, 5.74) is 5.23. The van der Waals surface area contributed by atoms with E-state index >= 15 is 0 Å². The SMILES string of the molecule is OC(COC=CCC1C=Cc2ccccc21)COCCOCC(O)COC=CCC1C=Cc2ccccc21. The van der Waals surface area contributed by atoms with Gasteiger partial charge in [-0.3, -0.25) is 0 Å². The minimum absolute atomic E-state index is 0.160. The number of rotatable bonds is 17. The lowest BCUT2D eigenvalue weighted by molar-refractivity contribution is -0.0377. The van der Waals surface area contributed by atoms with Gasteiger partial charge in [0, 0.05) is 11.8 Å². The fourth-order valence-corrected chi connectivity index (χ4v) is 4.59. The molecule has 4 atom stereocenters. The average Bonchev–Trinajstić information content (AvgIpc) is 3.54. The van der Waals surface area contributed by atoms with Crippen molar-refractivity contribution in [3.8, 4) is 0 Å². The number of benzene rings is 2. The second-order valence-electron chi connectivity index (χ2n) is 9.53. The average molecular weight is 519 g/mol. The van der Waals surface area contributed by atoms with Gasteiger partial charge < -0.3 is 29.2 Å². The van der Waals surface area contributed by atoms with Crippen molar-refractivity contribution in [2.75, 3.05) is 39.6 Å². The van der Waals surface area contributed by atoms with Crippen LogP contribution in [0.4, 0.5) is 0 Å². The van der Waals surface area contributed by atoms with Crippen molar-refractivity contribution < 1.29 is 29.2 Å². The molecule has 0 aromatic heterocycles. The number of aliphatic hydroxyl groups excluding tert-OH is 2. The Morgan fingerprint density at radius 2 is 1.08 bits per heavy atom. The van der Waals surface area contributed by atoms with Gasteiger partial charge in [0.05, 0.1) is 39.0 Å². The molecule has 0 saturated carbocycles. The van der Waals surface area contributed by atoms with E-state index in [-0.39, 0.29) is 26.4 Å². The molecule has 0 spiro atoms. The maximum absolute atomic E-state index is 9.99. The van der Waals surface area contributed by atoms with E-state index in [2.05, 4.69) is 60.7 Å². The Balaban J connectivity index is 0.953. The number of hydrogen-bond donors (Lipinski definition) is 2. The smallest absolute Gasteiger partial charge is 0.115 e. The fraction of sp³-hybridized carbons (Fsp3) is 0.375. The van der Waals surface area contributed by atoms with Gasteiger partial charge in [0.1, 0.15) is 25.4 Å². The summed E-state index contributed by atoms with van der Waals surface area (Å²) in [5, 5.41) is 20.0. The van der Waals surface area contributed by atoms with Gasteiger partial charge in [-0.25, -0.2) is 0 Å². The lowest BCUT2D eigenvalue weighted by atomic mass is 9.98. The first-order valence-electron chi connectivity index (χ1n) is 13.3.